The minimum Gasteiger partial charge on any atom is -0.376 e. The average molecular weight is 284 g/mol. The second-order valence-electron chi connectivity index (χ2n) is 6.08. The molecule has 0 aromatic carbocycles. The number of rotatable bonds is 7. The molecule has 0 saturated carbocycles. The number of nitrogens with two attached hydrogens (primary N) is 1. The van der Waals surface area contributed by atoms with E-state index in [2.05, 4.69) is 0 Å². The fourth-order valence-electron chi connectivity index (χ4n) is 2.86. The van der Waals surface area contributed by atoms with Crippen molar-refractivity contribution in [2.24, 2.45) is 5.73 Å². The molecule has 2 heterocycles. The van der Waals surface area contributed by atoms with Gasteiger partial charge < -0.3 is 20.1 Å². The first kappa shape index (κ1) is 15.7. The van der Waals surface area contributed by atoms with Crippen molar-refractivity contribution in [3.63, 3.8) is 0 Å². The van der Waals surface area contributed by atoms with E-state index in [0.29, 0.717) is 19.5 Å². The highest BCUT2D eigenvalue weighted by molar-refractivity contribution is 5.76. The van der Waals surface area contributed by atoms with Gasteiger partial charge in [-0.3, -0.25) is 4.79 Å². The molecule has 3 atom stereocenters. The molecule has 0 aromatic rings. The lowest BCUT2D eigenvalue weighted by Crippen LogP contribution is -2.42. The minimum absolute atomic E-state index is 0.0752. The molecule has 2 fully saturated rings. The molecule has 2 aliphatic heterocycles. The molecule has 2 rings (SSSR count). The summed E-state index contributed by atoms with van der Waals surface area (Å²) in [6.07, 6.45) is 6.00. The molecule has 1 amide bonds. The van der Waals surface area contributed by atoms with Gasteiger partial charge in [-0.2, -0.15) is 0 Å². The summed E-state index contributed by atoms with van der Waals surface area (Å²) in [6.45, 7) is 5.01. The van der Waals surface area contributed by atoms with E-state index < -0.39 is 0 Å². The quantitative estimate of drug-likeness (QED) is 0.765. The number of carbonyl (C=O) groups is 1. The normalized spacial score (nSPS) is 27.7. The summed E-state index contributed by atoms with van der Waals surface area (Å²) in [5, 5.41) is 0. The molecule has 2 saturated heterocycles. The first-order valence-corrected chi connectivity index (χ1v) is 7.91. The Morgan fingerprint density at radius 3 is 2.15 bits per heavy atom. The minimum atomic E-state index is 0.0752. The summed E-state index contributed by atoms with van der Waals surface area (Å²) < 4.78 is 11.3. The summed E-state index contributed by atoms with van der Waals surface area (Å²) in [7, 11) is 0. The van der Waals surface area contributed by atoms with E-state index in [1.165, 1.54) is 0 Å². The molecule has 5 heteroatoms. The lowest BCUT2D eigenvalue weighted by molar-refractivity contribution is -0.134. The van der Waals surface area contributed by atoms with E-state index in [1.807, 2.05) is 11.8 Å². The van der Waals surface area contributed by atoms with Crippen LogP contribution in [0.1, 0.15) is 45.4 Å². The van der Waals surface area contributed by atoms with E-state index >= 15 is 0 Å². The highest BCUT2D eigenvalue weighted by atomic mass is 16.5. The van der Waals surface area contributed by atoms with Crippen LogP contribution < -0.4 is 5.73 Å². The van der Waals surface area contributed by atoms with Crippen LogP contribution in [0.2, 0.25) is 0 Å². The van der Waals surface area contributed by atoms with Gasteiger partial charge in [0.2, 0.25) is 5.91 Å². The monoisotopic (exact) mass is 284 g/mol. The zero-order valence-corrected chi connectivity index (χ0v) is 12.6. The van der Waals surface area contributed by atoms with Crippen molar-refractivity contribution in [2.45, 2.75) is 63.7 Å². The van der Waals surface area contributed by atoms with Crippen molar-refractivity contribution in [3.05, 3.63) is 0 Å². The van der Waals surface area contributed by atoms with Crippen molar-refractivity contribution in [1.82, 2.24) is 4.90 Å². The van der Waals surface area contributed by atoms with E-state index in [4.69, 9.17) is 15.2 Å². The fourth-order valence-corrected chi connectivity index (χ4v) is 2.86. The molecular weight excluding hydrogens is 256 g/mol. The SMILES string of the molecule is CC(N)CCC(=O)N(CC1CCCO1)CC1CCCO1. The van der Waals surface area contributed by atoms with Gasteiger partial charge in [0, 0.05) is 38.8 Å². The van der Waals surface area contributed by atoms with Crippen LogP contribution in [0.25, 0.3) is 0 Å². The predicted molar refractivity (Wildman–Crippen MR) is 77.4 cm³/mol. The third-order valence-electron chi connectivity index (χ3n) is 4.06. The molecule has 2 N–H and O–H groups in total. The van der Waals surface area contributed by atoms with Crippen LogP contribution in [-0.4, -0.2) is 55.4 Å². The van der Waals surface area contributed by atoms with Gasteiger partial charge in [-0.15, -0.1) is 0 Å². The Kier molecular flexibility index (Phi) is 6.26. The van der Waals surface area contributed by atoms with Crippen molar-refractivity contribution < 1.29 is 14.3 Å². The van der Waals surface area contributed by atoms with E-state index in [-0.39, 0.29) is 24.2 Å². The summed E-state index contributed by atoms with van der Waals surface area (Å²) in [5.41, 5.74) is 5.75. The van der Waals surface area contributed by atoms with Crippen molar-refractivity contribution >= 4 is 5.91 Å². The zero-order chi connectivity index (χ0) is 14.4. The van der Waals surface area contributed by atoms with Gasteiger partial charge in [0.05, 0.1) is 12.2 Å². The Morgan fingerprint density at radius 1 is 1.20 bits per heavy atom. The molecule has 116 valence electrons. The Balaban J connectivity index is 1.85. The number of ether oxygens (including phenoxy) is 2. The van der Waals surface area contributed by atoms with Gasteiger partial charge in [-0.05, 0) is 39.0 Å². The van der Waals surface area contributed by atoms with Crippen LogP contribution in [0.5, 0.6) is 0 Å². The topological polar surface area (TPSA) is 64.8 Å². The van der Waals surface area contributed by atoms with Crippen LogP contribution in [0.3, 0.4) is 0 Å². The van der Waals surface area contributed by atoms with Gasteiger partial charge in [0.15, 0.2) is 0 Å². The highest BCUT2D eigenvalue weighted by Gasteiger charge is 2.26. The number of carbonyl (C=O) groups excluding carboxylic acids is 1. The largest absolute Gasteiger partial charge is 0.376 e. The summed E-state index contributed by atoms with van der Waals surface area (Å²) >= 11 is 0. The maximum absolute atomic E-state index is 12.4. The highest BCUT2D eigenvalue weighted by Crippen LogP contribution is 2.18. The van der Waals surface area contributed by atoms with Gasteiger partial charge in [-0.25, -0.2) is 0 Å². The van der Waals surface area contributed by atoms with Gasteiger partial charge in [-0.1, -0.05) is 0 Å². The number of amides is 1. The molecule has 5 nitrogen and oxygen atoms in total. The van der Waals surface area contributed by atoms with Crippen LogP contribution in [-0.2, 0) is 14.3 Å². The smallest absolute Gasteiger partial charge is 0.222 e. The van der Waals surface area contributed by atoms with Crippen molar-refractivity contribution in [3.8, 4) is 0 Å². The van der Waals surface area contributed by atoms with Crippen molar-refractivity contribution in [1.29, 1.82) is 0 Å². The van der Waals surface area contributed by atoms with Crippen LogP contribution in [0.4, 0.5) is 0 Å². The van der Waals surface area contributed by atoms with Crippen molar-refractivity contribution in [2.75, 3.05) is 26.3 Å². The molecule has 20 heavy (non-hydrogen) atoms. The van der Waals surface area contributed by atoms with Gasteiger partial charge in [0.25, 0.3) is 0 Å². The average Bonchev–Trinajstić information content (AvgIpc) is 3.08. The van der Waals surface area contributed by atoms with Crippen LogP contribution >= 0.6 is 0 Å². The maximum Gasteiger partial charge on any atom is 0.222 e. The number of hydrogen-bond donors (Lipinski definition) is 1. The van der Waals surface area contributed by atoms with E-state index in [1.54, 1.807) is 0 Å². The summed E-state index contributed by atoms with van der Waals surface area (Å²) in [4.78, 5) is 14.3. The number of nitrogens with zero attached hydrogens (tertiary/aromatic N) is 1. The van der Waals surface area contributed by atoms with Crippen LogP contribution in [0.15, 0.2) is 0 Å². The lowest BCUT2D eigenvalue weighted by Gasteiger charge is -2.28. The van der Waals surface area contributed by atoms with Crippen LogP contribution in [0, 0.1) is 0 Å². The molecule has 0 bridgehead atoms. The Hall–Kier alpha value is -0.650. The van der Waals surface area contributed by atoms with Gasteiger partial charge in [0.1, 0.15) is 0 Å². The molecule has 0 spiro atoms. The standard InChI is InChI=1S/C15H28N2O3/c1-12(16)6-7-15(18)17(10-13-4-2-8-19-13)11-14-5-3-9-20-14/h12-14H,2-11,16H2,1H3. The fraction of sp³-hybridized carbons (Fsp3) is 0.933. The first-order valence-electron chi connectivity index (χ1n) is 7.91. The van der Waals surface area contributed by atoms with E-state index in [0.717, 1.165) is 45.3 Å². The maximum atomic E-state index is 12.4. The Labute approximate surface area is 121 Å². The summed E-state index contributed by atoms with van der Waals surface area (Å²) in [6, 6.07) is 0.0752. The Bertz CT molecular complexity index is 279. The third kappa shape index (κ3) is 5.04. The zero-order valence-electron chi connectivity index (χ0n) is 12.6. The molecule has 0 aliphatic carbocycles. The third-order valence-corrected chi connectivity index (χ3v) is 4.06. The van der Waals surface area contributed by atoms with Gasteiger partial charge >= 0.3 is 0 Å². The summed E-state index contributed by atoms with van der Waals surface area (Å²) in [5.74, 6) is 0.188. The molecule has 3 unspecified atom stereocenters. The first-order chi connectivity index (χ1) is 9.65. The second-order valence-corrected chi connectivity index (χ2v) is 6.08. The Morgan fingerprint density at radius 2 is 1.75 bits per heavy atom. The predicted octanol–water partition coefficient (Wildman–Crippen LogP) is 1.30. The molecule has 0 aromatic heterocycles. The molecule has 0 radical (unpaired) electrons. The number of hydrogen-bond acceptors (Lipinski definition) is 4. The lowest BCUT2D eigenvalue weighted by atomic mass is 10.1. The van der Waals surface area contributed by atoms with E-state index in [9.17, 15) is 4.79 Å². The molecule has 2 aliphatic rings. The molecular formula is C15H28N2O3. The second kappa shape index (κ2) is 7.96.